The van der Waals surface area contributed by atoms with Crippen LogP contribution in [0.2, 0.25) is 0 Å². The predicted octanol–water partition coefficient (Wildman–Crippen LogP) is 1.91. The lowest BCUT2D eigenvalue weighted by Crippen LogP contribution is -1.99. The van der Waals surface area contributed by atoms with Crippen LogP contribution in [0.25, 0.3) is 6.08 Å². The van der Waals surface area contributed by atoms with E-state index in [4.69, 9.17) is 4.74 Å². The molecular formula is C12H14O5. The SMILES string of the molecule is COc1cc(C=CCOOC(C)=O)ccc1O. The molecule has 0 unspecified atom stereocenters. The molecule has 17 heavy (non-hydrogen) atoms. The fraction of sp³-hybridized carbons (Fsp3) is 0.250. The first-order valence-electron chi connectivity index (χ1n) is 4.97. The Labute approximate surface area is 99.2 Å². The van der Waals surface area contributed by atoms with Crippen molar-refractivity contribution >= 4 is 12.0 Å². The number of aromatic hydroxyl groups is 1. The molecule has 0 aliphatic carbocycles. The van der Waals surface area contributed by atoms with Crippen molar-refractivity contribution in [3.05, 3.63) is 29.8 Å². The van der Waals surface area contributed by atoms with Gasteiger partial charge in [0.25, 0.3) is 0 Å². The van der Waals surface area contributed by atoms with Crippen LogP contribution in [0.4, 0.5) is 0 Å². The first-order chi connectivity index (χ1) is 8.13. The van der Waals surface area contributed by atoms with Crippen LogP contribution >= 0.6 is 0 Å². The Morgan fingerprint density at radius 3 is 2.88 bits per heavy atom. The van der Waals surface area contributed by atoms with E-state index < -0.39 is 5.97 Å². The zero-order chi connectivity index (χ0) is 12.7. The maximum Gasteiger partial charge on any atom is 0.339 e. The van der Waals surface area contributed by atoms with E-state index in [2.05, 4.69) is 9.78 Å². The Morgan fingerprint density at radius 1 is 1.47 bits per heavy atom. The normalized spacial score (nSPS) is 10.5. The number of hydrogen-bond donors (Lipinski definition) is 1. The number of phenols is 1. The molecule has 1 rings (SSSR count). The quantitative estimate of drug-likeness (QED) is 0.482. The van der Waals surface area contributed by atoms with Crippen molar-refractivity contribution < 1.29 is 24.4 Å². The molecule has 1 N–H and O–H groups in total. The van der Waals surface area contributed by atoms with Gasteiger partial charge in [-0.2, -0.15) is 4.89 Å². The summed E-state index contributed by atoms with van der Waals surface area (Å²) in [7, 11) is 1.48. The summed E-state index contributed by atoms with van der Waals surface area (Å²) in [6.07, 6.45) is 3.43. The predicted molar refractivity (Wildman–Crippen MR) is 61.4 cm³/mol. The molecule has 0 spiro atoms. The Hall–Kier alpha value is -2.01. The highest BCUT2D eigenvalue weighted by atomic mass is 17.2. The molecule has 0 radical (unpaired) electrons. The fourth-order valence-corrected chi connectivity index (χ4v) is 1.14. The third kappa shape index (κ3) is 4.56. The molecule has 0 saturated carbocycles. The molecule has 1 aromatic rings. The Morgan fingerprint density at radius 2 is 2.24 bits per heavy atom. The molecule has 5 heteroatoms. The molecule has 0 aromatic heterocycles. The summed E-state index contributed by atoms with van der Waals surface area (Å²) in [4.78, 5) is 19.3. The van der Waals surface area contributed by atoms with Gasteiger partial charge >= 0.3 is 5.97 Å². The van der Waals surface area contributed by atoms with Crippen LogP contribution in [0, 0.1) is 0 Å². The van der Waals surface area contributed by atoms with E-state index in [1.165, 1.54) is 20.1 Å². The van der Waals surface area contributed by atoms with E-state index >= 15 is 0 Å². The third-order valence-corrected chi connectivity index (χ3v) is 1.85. The lowest BCUT2D eigenvalue weighted by Gasteiger charge is -2.03. The number of ether oxygens (including phenoxy) is 1. The van der Waals surface area contributed by atoms with E-state index in [9.17, 15) is 9.90 Å². The van der Waals surface area contributed by atoms with Gasteiger partial charge in [0.2, 0.25) is 0 Å². The number of methoxy groups -OCH3 is 1. The minimum absolute atomic E-state index is 0.0841. The Balaban J connectivity index is 2.50. The summed E-state index contributed by atoms with van der Waals surface area (Å²) in [5.41, 5.74) is 0.839. The lowest BCUT2D eigenvalue weighted by molar-refractivity contribution is -0.263. The van der Waals surface area contributed by atoms with Crippen LogP contribution in [0.1, 0.15) is 12.5 Å². The molecule has 0 aliphatic rings. The van der Waals surface area contributed by atoms with Gasteiger partial charge in [-0.1, -0.05) is 18.2 Å². The first kappa shape index (κ1) is 13.1. The number of phenolic OH excluding ortho intramolecular Hbond substituents is 1. The fourth-order valence-electron chi connectivity index (χ4n) is 1.14. The highest BCUT2D eigenvalue weighted by Crippen LogP contribution is 2.26. The second kappa shape index (κ2) is 6.55. The number of benzene rings is 1. The monoisotopic (exact) mass is 238 g/mol. The zero-order valence-corrected chi connectivity index (χ0v) is 9.67. The first-order valence-corrected chi connectivity index (χ1v) is 4.97. The van der Waals surface area contributed by atoms with Gasteiger partial charge in [0.1, 0.15) is 6.61 Å². The van der Waals surface area contributed by atoms with Crippen molar-refractivity contribution in [1.82, 2.24) is 0 Å². The highest BCUT2D eigenvalue weighted by molar-refractivity contribution is 5.65. The summed E-state index contributed by atoms with van der Waals surface area (Å²) >= 11 is 0. The van der Waals surface area contributed by atoms with Crippen LogP contribution in [0.15, 0.2) is 24.3 Å². The highest BCUT2D eigenvalue weighted by Gasteiger charge is 2.00. The lowest BCUT2D eigenvalue weighted by atomic mass is 10.2. The van der Waals surface area contributed by atoms with Crippen molar-refractivity contribution in [1.29, 1.82) is 0 Å². The summed E-state index contributed by atoms with van der Waals surface area (Å²) in [5, 5.41) is 9.37. The maximum atomic E-state index is 10.4. The average molecular weight is 238 g/mol. The molecule has 92 valence electrons. The van der Waals surface area contributed by atoms with Gasteiger partial charge in [-0.25, -0.2) is 4.79 Å². The molecule has 0 aliphatic heterocycles. The zero-order valence-electron chi connectivity index (χ0n) is 9.67. The summed E-state index contributed by atoms with van der Waals surface area (Å²) in [5.74, 6) is -0.0152. The van der Waals surface area contributed by atoms with E-state index in [1.54, 1.807) is 24.3 Å². The van der Waals surface area contributed by atoms with Crippen molar-refractivity contribution in [2.45, 2.75) is 6.92 Å². The minimum atomic E-state index is -0.496. The van der Waals surface area contributed by atoms with E-state index in [1.807, 2.05) is 0 Å². The standard InChI is InChI=1S/C12H14O5/c1-9(13)17-16-7-3-4-10-5-6-11(14)12(8-10)15-2/h3-6,8,14H,7H2,1-2H3. The van der Waals surface area contributed by atoms with Gasteiger partial charge in [-0.15, -0.1) is 0 Å². The largest absolute Gasteiger partial charge is 0.504 e. The second-order valence-electron chi connectivity index (χ2n) is 3.19. The van der Waals surface area contributed by atoms with Crippen LogP contribution in [0.5, 0.6) is 11.5 Å². The van der Waals surface area contributed by atoms with Crippen molar-refractivity contribution in [3.63, 3.8) is 0 Å². The van der Waals surface area contributed by atoms with Gasteiger partial charge in [-0.3, -0.25) is 4.89 Å². The number of carbonyl (C=O) groups excluding carboxylic acids is 1. The number of rotatable bonds is 5. The van der Waals surface area contributed by atoms with Crippen molar-refractivity contribution in [3.8, 4) is 11.5 Å². The van der Waals surface area contributed by atoms with Gasteiger partial charge in [-0.05, 0) is 17.7 Å². The minimum Gasteiger partial charge on any atom is -0.504 e. The Kier molecular flexibility index (Phi) is 5.03. The van der Waals surface area contributed by atoms with E-state index in [0.29, 0.717) is 5.75 Å². The van der Waals surface area contributed by atoms with Gasteiger partial charge in [0.05, 0.1) is 7.11 Å². The van der Waals surface area contributed by atoms with E-state index in [0.717, 1.165) is 5.56 Å². The second-order valence-corrected chi connectivity index (χ2v) is 3.19. The molecule has 0 fully saturated rings. The topological polar surface area (TPSA) is 65.0 Å². The van der Waals surface area contributed by atoms with Crippen molar-refractivity contribution in [2.75, 3.05) is 13.7 Å². The molecule has 5 nitrogen and oxygen atoms in total. The number of carbonyl (C=O) groups is 1. The average Bonchev–Trinajstić information content (AvgIpc) is 2.30. The molecule has 1 aromatic carbocycles. The molecular weight excluding hydrogens is 224 g/mol. The molecule has 0 heterocycles. The maximum absolute atomic E-state index is 10.4. The van der Waals surface area contributed by atoms with Crippen LogP contribution in [-0.2, 0) is 14.6 Å². The van der Waals surface area contributed by atoms with Crippen LogP contribution < -0.4 is 4.74 Å². The molecule has 0 amide bonds. The van der Waals surface area contributed by atoms with Gasteiger partial charge < -0.3 is 9.84 Å². The van der Waals surface area contributed by atoms with Crippen molar-refractivity contribution in [2.24, 2.45) is 0 Å². The van der Waals surface area contributed by atoms with Crippen LogP contribution in [-0.4, -0.2) is 24.8 Å². The Bertz CT molecular complexity index is 411. The van der Waals surface area contributed by atoms with E-state index in [-0.39, 0.29) is 12.4 Å². The smallest absolute Gasteiger partial charge is 0.339 e. The molecule has 0 saturated heterocycles. The third-order valence-electron chi connectivity index (χ3n) is 1.85. The summed E-state index contributed by atoms with van der Waals surface area (Å²) in [6, 6.07) is 4.93. The molecule has 0 bridgehead atoms. The van der Waals surface area contributed by atoms with Crippen LogP contribution in [0.3, 0.4) is 0 Å². The van der Waals surface area contributed by atoms with Gasteiger partial charge in [0.15, 0.2) is 11.5 Å². The van der Waals surface area contributed by atoms with Gasteiger partial charge in [0, 0.05) is 6.92 Å². The molecule has 0 atom stereocenters. The summed E-state index contributed by atoms with van der Waals surface area (Å²) < 4.78 is 4.96. The summed E-state index contributed by atoms with van der Waals surface area (Å²) in [6.45, 7) is 1.41. The number of hydrogen-bond acceptors (Lipinski definition) is 5.